The minimum absolute atomic E-state index is 0.00996. The number of aliphatic imine (C=N–C) groups is 1. The standard InChI is InChI=1S/C38H53ClN4O/c39-33-19-15-21-34(20-11-4-7-12-27-40-30-26-33)41-28-13-5-2-1-3-6-14-29-42-36-22-16-23-37-35(36)24-25-38(43-37)44-31-32-17-9-8-10-18-32/h8-10,15,17-18,20-21,24-27,30,33,36,41-42H,1-7,11-14,16,19,22-23,28-29,31H2/b21-15+,30-26+,34-20-,40-27?. The summed E-state index contributed by atoms with van der Waals surface area (Å²) < 4.78 is 5.97. The fourth-order valence-electron chi connectivity index (χ4n) is 5.82. The van der Waals surface area contributed by atoms with E-state index in [0.29, 0.717) is 12.6 Å². The quantitative estimate of drug-likeness (QED) is 0.154. The molecule has 0 spiro atoms. The van der Waals surface area contributed by atoms with Gasteiger partial charge in [0.2, 0.25) is 5.88 Å². The van der Waals surface area contributed by atoms with Crippen molar-refractivity contribution in [3.63, 3.8) is 0 Å². The van der Waals surface area contributed by atoms with Crippen LogP contribution in [0.1, 0.15) is 113 Å². The van der Waals surface area contributed by atoms with Gasteiger partial charge in [0.1, 0.15) is 6.61 Å². The molecule has 2 unspecified atom stereocenters. The van der Waals surface area contributed by atoms with E-state index in [1.807, 2.05) is 42.8 Å². The molecular weight excluding hydrogens is 564 g/mol. The zero-order valence-electron chi connectivity index (χ0n) is 26.6. The average molecular weight is 617 g/mol. The van der Waals surface area contributed by atoms with E-state index in [0.717, 1.165) is 44.7 Å². The van der Waals surface area contributed by atoms with Crippen molar-refractivity contribution in [1.82, 2.24) is 15.6 Å². The van der Waals surface area contributed by atoms with Crippen LogP contribution in [0.4, 0.5) is 0 Å². The van der Waals surface area contributed by atoms with Crippen LogP contribution >= 0.6 is 11.6 Å². The molecule has 2 aromatic rings. The van der Waals surface area contributed by atoms with E-state index in [9.17, 15) is 0 Å². The van der Waals surface area contributed by atoms with Gasteiger partial charge in [-0.2, -0.15) is 0 Å². The van der Waals surface area contributed by atoms with E-state index >= 15 is 0 Å². The third-order valence-corrected chi connectivity index (χ3v) is 8.69. The number of aromatic nitrogens is 1. The van der Waals surface area contributed by atoms with Gasteiger partial charge in [-0.05, 0) is 94.0 Å². The lowest BCUT2D eigenvalue weighted by molar-refractivity contribution is 0.291. The number of alkyl halides is 1. The molecule has 1 aromatic heterocycles. The van der Waals surface area contributed by atoms with Gasteiger partial charge < -0.3 is 15.4 Å². The molecular formula is C38H53ClN4O. The Morgan fingerprint density at radius 1 is 0.864 bits per heavy atom. The highest BCUT2D eigenvalue weighted by molar-refractivity contribution is 6.21. The van der Waals surface area contributed by atoms with Gasteiger partial charge in [-0.25, -0.2) is 4.98 Å². The second-order valence-corrected chi connectivity index (χ2v) is 12.6. The summed E-state index contributed by atoms with van der Waals surface area (Å²) >= 11 is 6.37. The summed E-state index contributed by atoms with van der Waals surface area (Å²) in [6.07, 6.45) is 30.3. The Bertz CT molecular complexity index is 1190. The van der Waals surface area contributed by atoms with Crippen LogP contribution in [-0.2, 0) is 13.0 Å². The average Bonchev–Trinajstić information content (AvgIpc) is 3.05. The molecule has 4 rings (SSSR count). The van der Waals surface area contributed by atoms with Gasteiger partial charge in [-0.15, -0.1) is 11.6 Å². The molecule has 2 N–H and O–H groups in total. The number of nitrogens with zero attached hydrogens (tertiary/aromatic N) is 2. The molecule has 6 heteroatoms. The van der Waals surface area contributed by atoms with E-state index in [1.165, 1.54) is 93.1 Å². The van der Waals surface area contributed by atoms with E-state index in [1.54, 1.807) is 0 Å². The summed E-state index contributed by atoms with van der Waals surface area (Å²) in [5, 5.41) is 7.47. The largest absolute Gasteiger partial charge is 0.473 e. The highest BCUT2D eigenvalue weighted by Gasteiger charge is 2.21. The number of aryl methyl sites for hydroxylation is 1. The van der Waals surface area contributed by atoms with Gasteiger partial charge in [0.25, 0.3) is 0 Å². The van der Waals surface area contributed by atoms with E-state index in [2.05, 4.69) is 52.1 Å². The number of pyridine rings is 1. The Balaban J connectivity index is 1.04. The normalized spacial score (nSPS) is 21.8. The summed E-state index contributed by atoms with van der Waals surface area (Å²) in [5.41, 5.74) is 4.97. The van der Waals surface area contributed by atoms with Gasteiger partial charge >= 0.3 is 0 Å². The molecule has 1 aromatic carbocycles. The maximum absolute atomic E-state index is 6.37. The molecule has 0 fully saturated rings. The van der Waals surface area contributed by atoms with E-state index < -0.39 is 0 Å². The van der Waals surface area contributed by atoms with Crippen molar-refractivity contribution < 1.29 is 4.74 Å². The van der Waals surface area contributed by atoms with Gasteiger partial charge in [-0.1, -0.05) is 80.7 Å². The highest BCUT2D eigenvalue weighted by Crippen LogP contribution is 2.30. The first-order chi connectivity index (χ1) is 21.8. The van der Waals surface area contributed by atoms with Crippen LogP contribution in [0, 0.1) is 0 Å². The Morgan fingerprint density at radius 3 is 2.52 bits per heavy atom. The molecule has 1 aliphatic carbocycles. The maximum Gasteiger partial charge on any atom is 0.213 e. The highest BCUT2D eigenvalue weighted by atomic mass is 35.5. The van der Waals surface area contributed by atoms with Crippen LogP contribution < -0.4 is 15.4 Å². The van der Waals surface area contributed by atoms with Crippen molar-refractivity contribution in [2.45, 2.75) is 114 Å². The maximum atomic E-state index is 6.37. The van der Waals surface area contributed by atoms with Crippen molar-refractivity contribution in [3.8, 4) is 5.88 Å². The number of unbranched alkanes of at least 4 members (excludes halogenated alkanes) is 6. The molecule has 0 saturated heterocycles. The number of hydrogen-bond acceptors (Lipinski definition) is 5. The zero-order chi connectivity index (χ0) is 30.5. The predicted octanol–water partition coefficient (Wildman–Crippen LogP) is 9.54. The molecule has 0 amide bonds. The SMILES string of the molecule is ClC1/C=C/N=CCCCC/C=C(NCCCCCCCCCNC2CCCc3nc(OCc4ccccc4)ccc32)/C=C/C1. The Kier molecular flexibility index (Phi) is 16.2. The molecule has 2 aliphatic rings. The van der Waals surface area contributed by atoms with E-state index in [-0.39, 0.29) is 5.38 Å². The zero-order valence-corrected chi connectivity index (χ0v) is 27.3. The van der Waals surface area contributed by atoms with Crippen LogP contribution in [0.5, 0.6) is 5.88 Å². The molecule has 44 heavy (non-hydrogen) atoms. The van der Waals surface area contributed by atoms with Gasteiger partial charge in [-0.3, -0.25) is 4.99 Å². The van der Waals surface area contributed by atoms with Crippen molar-refractivity contribution in [1.29, 1.82) is 0 Å². The summed E-state index contributed by atoms with van der Waals surface area (Å²) in [6.45, 7) is 2.68. The first-order valence-corrected chi connectivity index (χ1v) is 17.5. The van der Waals surface area contributed by atoms with Crippen molar-refractivity contribution in [3.05, 3.63) is 95.5 Å². The molecule has 1 aliphatic heterocycles. The van der Waals surface area contributed by atoms with E-state index in [4.69, 9.17) is 21.3 Å². The lowest BCUT2D eigenvalue weighted by atomic mass is 9.91. The Labute approximate surface area is 271 Å². The fourth-order valence-corrected chi connectivity index (χ4v) is 5.99. The number of allylic oxidation sites excluding steroid dienone is 4. The smallest absolute Gasteiger partial charge is 0.213 e. The minimum Gasteiger partial charge on any atom is -0.473 e. The van der Waals surface area contributed by atoms with Crippen molar-refractivity contribution >= 4 is 17.8 Å². The molecule has 5 nitrogen and oxygen atoms in total. The van der Waals surface area contributed by atoms with Crippen LogP contribution in [0.25, 0.3) is 0 Å². The monoisotopic (exact) mass is 616 g/mol. The summed E-state index contributed by atoms with van der Waals surface area (Å²) in [7, 11) is 0. The second kappa shape index (κ2) is 21.0. The fraction of sp³-hybridized carbons (Fsp3) is 0.526. The topological polar surface area (TPSA) is 58.5 Å². The van der Waals surface area contributed by atoms with Crippen LogP contribution in [0.15, 0.2) is 83.7 Å². The van der Waals surface area contributed by atoms with Crippen molar-refractivity contribution in [2.24, 2.45) is 4.99 Å². The van der Waals surface area contributed by atoms with Crippen LogP contribution in [0.2, 0.25) is 0 Å². The van der Waals surface area contributed by atoms with Crippen LogP contribution in [0.3, 0.4) is 0 Å². The number of ether oxygens (including phenoxy) is 1. The summed E-state index contributed by atoms with van der Waals surface area (Å²) in [4.78, 5) is 9.15. The molecule has 2 heterocycles. The minimum atomic E-state index is -0.00996. The Morgan fingerprint density at radius 2 is 1.66 bits per heavy atom. The molecule has 0 radical (unpaired) electrons. The molecule has 0 bridgehead atoms. The number of nitrogens with one attached hydrogen (secondary N) is 2. The third kappa shape index (κ3) is 13.4. The third-order valence-electron chi connectivity index (χ3n) is 8.37. The lowest BCUT2D eigenvalue weighted by Gasteiger charge is -2.26. The van der Waals surface area contributed by atoms with Gasteiger partial charge in [0, 0.05) is 42.5 Å². The van der Waals surface area contributed by atoms with Crippen molar-refractivity contribution in [2.75, 3.05) is 13.1 Å². The first kappa shape index (κ1) is 34.0. The predicted molar refractivity (Wildman–Crippen MR) is 187 cm³/mol. The molecule has 0 saturated carbocycles. The first-order valence-electron chi connectivity index (χ1n) is 17.1. The number of halogens is 1. The van der Waals surface area contributed by atoms with Crippen LogP contribution in [-0.4, -0.2) is 29.7 Å². The number of hydrogen-bond donors (Lipinski definition) is 2. The second-order valence-electron chi connectivity index (χ2n) is 12.0. The lowest BCUT2D eigenvalue weighted by Crippen LogP contribution is -2.26. The van der Waals surface area contributed by atoms with Gasteiger partial charge in [0.05, 0.1) is 5.38 Å². The van der Waals surface area contributed by atoms with Gasteiger partial charge in [0.15, 0.2) is 0 Å². The summed E-state index contributed by atoms with van der Waals surface area (Å²) in [5.74, 6) is 0.735. The molecule has 238 valence electrons. The summed E-state index contributed by atoms with van der Waals surface area (Å²) in [6, 6.07) is 15.0. The Hall–Kier alpha value is -2.89. The number of rotatable bonds is 15. The molecule has 2 atom stereocenters. The number of benzene rings is 1. The number of fused-ring (bicyclic) bond motifs is 1.